The molecule has 1 aliphatic rings. The maximum absolute atomic E-state index is 4.74. The first kappa shape index (κ1) is 14.1. The van der Waals surface area contributed by atoms with E-state index in [4.69, 9.17) is 5.10 Å². The third kappa shape index (κ3) is 2.75. The van der Waals surface area contributed by atoms with Gasteiger partial charge in [-0.1, -0.05) is 42.5 Å². The minimum absolute atomic E-state index is 0.674. The summed E-state index contributed by atoms with van der Waals surface area (Å²) < 4.78 is 0. The van der Waals surface area contributed by atoms with Gasteiger partial charge in [0.05, 0.1) is 11.4 Å². The lowest BCUT2D eigenvalue weighted by molar-refractivity contribution is 1.01. The predicted molar refractivity (Wildman–Crippen MR) is 97.1 cm³/mol. The highest BCUT2D eigenvalue weighted by Gasteiger charge is 2.21. The van der Waals surface area contributed by atoms with Crippen molar-refractivity contribution in [2.24, 2.45) is 10.2 Å². The highest BCUT2D eigenvalue weighted by Crippen LogP contribution is 2.22. The molecule has 0 bridgehead atoms. The molecular formula is C19H15N5. The fourth-order valence-corrected chi connectivity index (χ4v) is 2.44. The van der Waals surface area contributed by atoms with Gasteiger partial charge in [-0.3, -0.25) is 4.98 Å². The van der Waals surface area contributed by atoms with Gasteiger partial charge >= 0.3 is 0 Å². The number of benzene rings is 2. The van der Waals surface area contributed by atoms with E-state index in [1.807, 2.05) is 78.9 Å². The third-order valence-electron chi connectivity index (χ3n) is 3.60. The summed E-state index contributed by atoms with van der Waals surface area (Å²) in [6.07, 6.45) is 3.46. The van der Waals surface area contributed by atoms with Gasteiger partial charge in [-0.2, -0.15) is 5.10 Å². The number of hydrogen-bond donors (Lipinski definition) is 0. The maximum atomic E-state index is 4.74. The van der Waals surface area contributed by atoms with Gasteiger partial charge in [-0.15, -0.1) is 5.10 Å². The molecule has 0 unspecified atom stereocenters. The molecule has 0 radical (unpaired) electrons. The SMILES string of the molecule is C1=NN(c2ccccc2)C(c2ccccn2)=NN1c1ccccc1. The Hall–Kier alpha value is -3.47. The minimum Gasteiger partial charge on any atom is -0.253 e. The average Bonchev–Trinajstić information content (AvgIpc) is 2.69. The molecule has 3 aromatic rings. The van der Waals surface area contributed by atoms with E-state index in [2.05, 4.69) is 10.1 Å². The Bertz CT molecular complexity index is 860. The van der Waals surface area contributed by atoms with Crippen LogP contribution < -0.4 is 10.0 Å². The molecule has 4 rings (SSSR count). The smallest absolute Gasteiger partial charge is 0.200 e. The largest absolute Gasteiger partial charge is 0.253 e. The molecule has 2 aromatic carbocycles. The summed E-state index contributed by atoms with van der Waals surface area (Å²) >= 11 is 0. The molecule has 2 heterocycles. The lowest BCUT2D eigenvalue weighted by Crippen LogP contribution is -2.36. The maximum Gasteiger partial charge on any atom is 0.200 e. The number of para-hydroxylation sites is 2. The molecule has 1 aliphatic heterocycles. The van der Waals surface area contributed by atoms with E-state index in [1.165, 1.54) is 0 Å². The first-order valence-corrected chi connectivity index (χ1v) is 7.65. The summed E-state index contributed by atoms with van der Waals surface area (Å²) in [5.41, 5.74) is 2.65. The zero-order valence-corrected chi connectivity index (χ0v) is 12.9. The third-order valence-corrected chi connectivity index (χ3v) is 3.60. The summed E-state index contributed by atoms with van der Waals surface area (Å²) in [7, 11) is 0. The molecule has 0 fully saturated rings. The van der Waals surface area contributed by atoms with E-state index >= 15 is 0 Å². The van der Waals surface area contributed by atoms with Gasteiger partial charge < -0.3 is 0 Å². The summed E-state index contributed by atoms with van der Waals surface area (Å²) in [5, 5.41) is 12.9. The quantitative estimate of drug-likeness (QED) is 0.740. The Labute approximate surface area is 140 Å². The van der Waals surface area contributed by atoms with Gasteiger partial charge in [0.2, 0.25) is 5.84 Å². The van der Waals surface area contributed by atoms with E-state index < -0.39 is 0 Å². The van der Waals surface area contributed by atoms with Crippen molar-refractivity contribution in [3.05, 3.63) is 90.8 Å². The summed E-state index contributed by atoms with van der Waals surface area (Å²) in [5.74, 6) is 0.674. The first-order valence-electron chi connectivity index (χ1n) is 7.65. The Morgan fingerprint density at radius 1 is 0.667 bits per heavy atom. The fourth-order valence-electron chi connectivity index (χ4n) is 2.44. The van der Waals surface area contributed by atoms with E-state index in [1.54, 1.807) is 22.6 Å². The number of aromatic nitrogens is 1. The van der Waals surface area contributed by atoms with Crippen LogP contribution in [0.25, 0.3) is 0 Å². The van der Waals surface area contributed by atoms with Crippen LogP contribution >= 0.6 is 0 Å². The number of hydrogen-bond acceptors (Lipinski definition) is 5. The first-order chi connectivity index (χ1) is 11.9. The van der Waals surface area contributed by atoms with E-state index in [-0.39, 0.29) is 0 Å². The minimum atomic E-state index is 0.674. The van der Waals surface area contributed by atoms with Crippen molar-refractivity contribution in [2.45, 2.75) is 0 Å². The molecule has 5 nitrogen and oxygen atoms in total. The van der Waals surface area contributed by atoms with Crippen molar-refractivity contribution < 1.29 is 0 Å². The molecule has 0 spiro atoms. The number of nitrogens with zero attached hydrogens (tertiary/aromatic N) is 5. The van der Waals surface area contributed by atoms with Gasteiger partial charge in [-0.25, -0.2) is 10.0 Å². The van der Waals surface area contributed by atoms with Crippen LogP contribution in [0, 0.1) is 0 Å². The second kappa shape index (κ2) is 6.34. The number of rotatable bonds is 3. The fraction of sp³-hybridized carbons (Fsp3) is 0. The highest BCUT2D eigenvalue weighted by atomic mass is 15.6. The Balaban J connectivity index is 1.78. The van der Waals surface area contributed by atoms with E-state index in [9.17, 15) is 0 Å². The van der Waals surface area contributed by atoms with Crippen LogP contribution in [0.5, 0.6) is 0 Å². The number of anilines is 2. The highest BCUT2D eigenvalue weighted by molar-refractivity contribution is 6.11. The van der Waals surface area contributed by atoms with Crippen molar-refractivity contribution >= 4 is 23.5 Å². The van der Waals surface area contributed by atoms with Crippen LogP contribution in [0.15, 0.2) is 95.3 Å². The van der Waals surface area contributed by atoms with Crippen molar-refractivity contribution in [1.82, 2.24) is 4.98 Å². The number of hydrazone groups is 2. The van der Waals surface area contributed by atoms with Crippen molar-refractivity contribution in [3.8, 4) is 0 Å². The molecule has 5 heteroatoms. The Kier molecular flexibility index (Phi) is 3.73. The normalized spacial score (nSPS) is 13.8. The molecule has 0 aliphatic carbocycles. The van der Waals surface area contributed by atoms with E-state index in [0.29, 0.717) is 5.84 Å². The Morgan fingerprint density at radius 2 is 1.33 bits per heavy atom. The topological polar surface area (TPSA) is 44.1 Å². The molecule has 0 amide bonds. The zero-order chi connectivity index (χ0) is 16.2. The lowest BCUT2D eigenvalue weighted by atomic mass is 10.2. The summed E-state index contributed by atoms with van der Waals surface area (Å²) in [6, 6.07) is 25.6. The molecule has 0 saturated carbocycles. The monoisotopic (exact) mass is 313 g/mol. The van der Waals surface area contributed by atoms with Crippen LogP contribution in [0.3, 0.4) is 0 Å². The van der Waals surface area contributed by atoms with Gasteiger partial charge in [0, 0.05) is 6.20 Å². The van der Waals surface area contributed by atoms with Crippen molar-refractivity contribution in [2.75, 3.05) is 10.0 Å². The Morgan fingerprint density at radius 3 is 2.00 bits per heavy atom. The van der Waals surface area contributed by atoms with Crippen molar-refractivity contribution in [1.29, 1.82) is 0 Å². The number of amidine groups is 1. The van der Waals surface area contributed by atoms with E-state index in [0.717, 1.165) is 17.1 Å². The predicted octanol–water partition coefficient (Wildman–Crippen LogP) is 3.71. The average molecular weight is 313 g/mol. The van der Waals surface area contributed by atoms with Crippen LogP contribution in [-0.2, 0) is 0 Å². The molecule has 1 aromatic heterocycles. The van der Waals surface area contributed by atoms with Crippen molar-refractivity contribution in [3.63, 3.8) is 0 Å². The standard InChI is InChI=1S/C19H15N5/c1-3-9-16(10-4-1)23-15-21-24(17-11-5-2-6-12-17)19(22-23)18-13-7-8-14-20-18/h1-15H. The number of pyridine rings is 1. The lowest BCUT2D eigenvalue weighted by Gasteiger charge is -2.27. The zero-order valence-electron chi connectivity index (χ0n) is 12.9. The van der Waals surface area contributed by atoms with Crippen LogP contribution in [0.2, 0.25) is 0 Å². The second-order valence-corrected chi connectivity index (χ2v) is 5.20. The van der Waals surface area contributed by atoms with Gasteiger partial charge in [0.1, 0.15) is 12.0 Å². The molecule has 0 atom stereocenters. The molecule has 0 saturated heterocycles. The van der Waals surface area contributed by atoms with Gasteiger partial charge in [0.25, 0.3) is 0 Å². The molecule has 116 valence electrons. The molecule has 0 N–H and O–H groups in total. The van der Waals surface area contributed by atoms with Crippen LogP contribution in [-0.4, -0.2) is 17.2 Å². The van der Waals surface area contributed by atoms with Crippen LogP contribution in [0.4, 0.5) is 11.4 Å². The molecular weight excluding hydrogens is 298 g/mol. The summed E-state index contributed by atoms with van der Waals surface area (Å²) in [4.78, 5) is 4.43. The van der Waals surface area contributed by atoms with Gasteiger partial charge in [0.15, 0.2) is 0 Å². The van der Waals surface area contributed by atoms with Crippen LogP contribution in [0.1, 0.15) is 5.69 Å². The van der Waals surface area contributed by atoms with Gasteiger partial charge in [-0.05, 0) is 36.4 Å². The second-order valence-electron chi connectivity index (χ2n) is 5.20. The molecule has 24 heavy (non-hydrogen) atoms. The summed E-state index contributed by atoms with van der Waals surface area (Å²) in [6.45, 7) is 0.